The van der Waals surface area contributed by atoms with E-state index < -0.39 is 18.1 Å². The minimum Gasteiger partial charge on any atom is -0.465 e. The van der Waals surface area contributed by atoms with Crippen molar-refractivity contribution in [2.24, 2.45) is 11.3 Å². The van der Waals surface area contributed by atoms with Gasteiger partial charge in [-0.25, -0.2) is 15.0 Å². The van der Waals surface area contributed by atoms with Crippen LogP contribution < -0.4 is 5.32 Å². The number of aromatic nitrogens is 4. The van der Waals surface area contributed by atoms with Crippen LogP contribution in [-0.2, 0) is 19.0 Å². The Morgan fingerprint density at radius 1 is 1.26 bits per heavy atom. The summed E-state index contributed by atoms with van der Waals surface area (Å²) < 4.78 is 19.7. The lowest BCUT2D eigenvalue weighted by atomic mass is 9.59. The molecule has 0 aromatic carbocycles. The van der Waals surface area contributed by atoms with E-state index in [1.54, 1.807) is 10.9 Å². The monoisotopic (exact) mass is 481 g/mol. The number of nitrogens with zero attached hydrogens (tertiary/aromatic N) is 4. The Hall–Kier alpha value is -2.98. The fraction of sp³-hybridized carbons (Fsp3) is 0.600. The first kappa shape index (κ1) is 22.5. The van der Waals surface area contributed by atoms with Gasteiger partial charge in [0.05, 0.1) is 0 Å². The van der Waals surface area contributed by atoms with Gasteiger partial charge in [-0.15, -0.1) is 0 Å². The maximum absolute atomic E-state index is 12.1. The van der Waals surface area contributed by atoms with E-state index in [-0.39, 0.29) is 23.8 Å². The summed E-state index contributed by atoms with van der Waals surface area (Å²) in [6.07, 6.45) is 7.32. The third-order valence-corrected chi connectivity index (χ3v) is 8.04. The Labute approximate surface area is 203 Å². The highest BCUT2D eigenvalue weighted by atomic mass is 16.8. The van der Waals surface area contributed by atoms with Crippen LogP contribution >= 0.6 is 0 Å². The van der Waals surface area contributed by atoms with Gasteiger partial charge in [-0.2, -0.15) is 0 Å². The predicted molar refractivity (Wildman–Crippen MR) is 126 cm³/mol. The zero-order valence-electron chi connectivity index (χ0n) is 20.4. The molecule has 186 valence electrons. The van der Waals surface area contributed by atoms with E-state index in [2.05, 4.69) is 34.1 Å². The van der Waals surface area contributed by atoms with Crippen LogP contribution in [0.4, 0.5) is 5.82 Å². The maximum atomic E-state index is 12.1. The van der Waals surface area contributed by atoms with Crippen molar-refractivity contribution < 1.29 is 24.1 Å². The number of hydrogen-bond acceptors (Lipinski definition) is 9. The molecule has 6 rings (SSSR count). The van der Waals surface area contributed by atoms with Crippen molar-refractivity contribution in [1.82, 2.24) is 19.5 Å². The molecule has 0 radical (unpaired) electrons. The summed E-state index contributed by atoms with van der Waals surface area (Å²) in [5, 5.41) is 13.4. The molecule has 5 atom stereocenters. The minimum atomic E-state index is -0.814. The fourth-order valence-corrected chi connectivity index (χ4v) is 6.05. The number of allylic oxidation sites excluding steroid dienone is 2. The van der Waals surface area contributed by atoms with Gasteiger partial charge < -0.3 is 24.6 Å². The summed E-state index contributed by atoms with van der Waals surface area (Å²) >= 11 is 0. The molecular formula is C25H31N5O5. The van der Waals surface area contributed by atoms with Gasteiger partial charge in [-0.3, -0.25) is 9.36 Å². The second-order valence-electron chi connectivity index (χ2n) is 10.8. The molecule has 4 aliphatic rings. The smallest absolute Gasteiger partial charge is 0.212 e. The van der Waals surface area contributed by atoms with Crippen LogP contribution in [0.15, 0.2) is 35.8 Å². The minimum absolute atomic E-state index is 0.00238. The number of aliphatic hydroxyl groups is 1. The van der Waals surface area contributed by atoms with Gasteiger partial charge in [0.25, 0.3) is 0 Å². The Morgan fingerprint density at radius 3 is 2.89 bits per heavy atom. The maximum Gasteiger partial charge on any atom is 0.212 e. The van der Waals surface area contributed by atoms with Gasteiger partial charge >= 0.3 is 0 Å². The largest absolute Gasteiger partial charge is 0.465 e. The lowest BCUT2D eigenvalue weighted by Gasteiger charge is -2.46. The number of imidazole rings is 1. The summed E-state index contributed by atoms with van der Waals surface area (Å²) in [7, 11) is 0. The van der Waals surface area contributed by atoms with Gasteiger partial charge in [-0.05, 0) is 36.7 Å². The number of aliphatic hydroxyl groups excluding tert-OH is 1. The van der Waals surface area contributed by atoms with Crippen molar-refractivity contribution in [2.45, 2.75) is 77.5 Å². The summed E-state index contributed by atoms with van der Waals surface area (Å²) in [6, 6.07) is 0.209. The van der Waals surface area contributed by atoms with Crippen LogP contribution in [0.2, 0.25) is 0 Å². The standard InChI is InChI=1S/C25H31N5O5/c1-13-7-16(32)8-14-5-6-15(9-25(13,14)4)29-21-18-22(27-11-26-21)30(12-28-18)23-20-19(17(10-31)33-23)34-24(2,3)35-20/h8,11-13,15,20,23,31H,5-7,9-10H2,1-4H3,(H,26,27,29)/t13-,15-,20?,23-,25+/m1/s1. The number of nitrogens with one attached hydrogen (secondary N) is 1. The second-order valence-corrected chi connectivity index (χ2v) is 10.8. The van der Waals surface area contributed by atoms with Gasteiger partial charge in [0, 0.05) is 26.3 Å². The Balaban J connectivity index is 1.27. The van der Waals surface area contributed by atoms with Crippen molar-refractivity contribution in [3.8, 4) is 0 Å². The van der Waals surface area contributed by atoms with Crippen LogP contribution in [0.5, 0.6) is 0 Å². The highest BCUT2D eigenvalue weighted by Gasteiger charge is 2.51. The lowest BCUT2D eigenvalue weighted by Crippen LogP contribution is -2.42. The van der Waals surface area contributed by atoms with Crippen LogP contribution in [0.1, 0.15) is 59.6 Å². The first-order chi connectivity index (χ1) is 16.7. The number of rotatable bonds is 4. The molecule has 0 spiro atoms. The molecule has 2 aromatic heterocycles. The molecule has 2 N–H and O–H groups in total. The van der Waals surface area contributed by atoms with Crippen molar-refractivity contribution in [3.63, 3.8) is 0 Å². The van der Waals surface area contributed by atoms with E-state index in [1.807, 2.05) is 19.9 Å². The van der Waals surface area contributed by atoms with Gasteiger partial charge in [0.2, 0.25) is 12.0 Å². The molecule has 10 heteroatoms. The molecule has 2 aromatic rings. The van der Waals surface area contributed by atoms with E-state index in [1.165, 1.54) is 11.9 Å². The average molecular weight is 482 g/mol. The van der Waals surface area contributed by atoms with Crippen LogP contribution in [0, 0.1) is 11.3 Å². The first-order valence-corrected chi connectivity index (χ1v) is 12.2. The zero-order valence-corrected chi connectivity index (χ0v) is 20.4. The van der Waals surface area contributed by atoms with Crippen LogP contribution in [0.3, 0.4) is 0 Å². The molecule has 2 aliphatic heterocycles. The molecule has 1 saturated heterocycles. The molecule has 1 unspecified atom stereocenters. The highest BCUT2D eigenvalue weighted by molar-refractivity contribution is 5.92. The van der Waals surface area contributed by atoms with Crippen molar-refractivity contribution >= 4 is 22.8 Å². The SMILES string of the molecule is C[C@@H]1CC(=O)C=C2CC[C@@H](Nc3ncnc4c3ncn4[C@@H]3OC(CO)=C4OC(C)(C)OC43)C[C@]21C. The summed E-state index contributed by atoms with van der Waals surface area (Å²) in [4.78, 5) is 25.7. The van der Waals surface area contributed by atoms with E-state index in [9.17, 15) is 9.90 Å². The third-order valence-electron chi connectivity index (χ3n) is 8.04. The van der Waals surface area contributed by atoms with E-state index in [0.29, 0.717) is 40.8 Å². The van der Waals surface area contributed by atoms with Crippen molar-refractivity contribution in [2.75, 3.05) is 11.9 Å². The molecule has 35 heavy (non-hydrogen) atoms. The van der Waals surface area contributed by atoms with Crippen LogP contribution in [0.25, 0.3) is 11.2 Å². The molecule has 0 bridgehead atoms. The number of ketones is 1. The molecule has 1 saturated carbocycles. The fourth-order valence-electron chi connectivity index (χ4n) is 6.05. The topological polar surface area (TPSA) is 121 Å². The van der Waals surface area contributed by atoms with E-state index >= 15 is 0 Å². The summed E-state index contributed by atoms with van der Waals surface area (Å²) in [6.45, 7) is 7.83. The number of carbonyl (C=O) groups is 1. The lowest BCUT2D eigenvalue weighted by molar-refractivity contribution is -0.165. The molecule has 0 amide bonds. The highest BCUT2D eigenvalue weighted by Crippen LogP contribution is 2.50. The van der Waals surface area contributed by atoms with Crippen molar-refractivity contribution in [3.05, 3.63) is 35.8 Å². The number of carbonyl (C=O) groups excluding carboxylic acids is 1. The summed E-state index contributed by atoms with van der Waals surface area (Å²) in [5.74, 6) is 1.29. The first-order valence-electron chi connectivity index (χ1n) is 12.2. The van der Waals surface area contributed by atoms with Gasteiger partial charge in [0.1, 0.15) is 19.3 Å². The second kappa shape index (κ2) is 7.76. The van der Waals surface area contributed by atoms with Crippen LogP contribution in [-0.4, -0.2) is 54.9 Å². The predicted octanol–water partition coefficient (Wildman–Crippen LogP) is 3.22. The molecule has 2 aliphatic carbocycles. The quantitative estimate of drug-likeness (QED) is 0.678. The summed E-state index contributed by atoms with van der Waals surface area (Å²) in [5.41, 5.74) is 2.53. The Bertz CT molecular complexity index is 1270. The normalized spacial score (nSPS) is 33.7. The number of hydrogen-bond donors (Lipinski definition) is 2. The molecular weight excluding hydrogens is 450 g/mol. The zero-order chi connectivity index (χ0) is 24.5. The molecule has 10 nitrogen and oxygen atoms in total. The van der Waals surface area contributed by atoms with E-state index in [0.717, 1.165) is 19.3 Å². The van der Waals surface area contributed by atoms with E-state index in [4.69, 9.17) is 14.2 Å². The van der Waals surface area contributed by atoms with Gasteiger partial charge in [0.15, 0.2) is 40.4 Å². The molecule has 4 heterocycles. The average Bonchev–Trinajstić information content (AvgIpc) is 3.46. The van der Waals surface area contributed by atoms with Gasteiger partial charge in [-0.1, -0.05) is 19.4 Å². The number of ether oxygens (including phenoxy) is 3. The number of fused-ring (bicyclic) bond motifs is 3. The Kier molecular flexibility index (Phi) is 4.98. The Morgan fingerprint density at radius 2 is 2.09 bits per heavy atom. The third kappa shape index (κ3) is 3.53. The number of anilines is 1. The molecule has 2 fully saturated rings. The van der Waals surface area contributed by atoms with Crippen molar-refractivity contribution in [1.29, 1.82) is 0 Å².